The third kappa shape index (κ3) is 2.74. The highest BCUT2D eigenvalue weighted by Crippen LogP contribution is 2.27. The molecule has 20 heavy (non-hydrogen) atoms. The Hall–Kier alpha value is -2.50. The molecule has 1 aliphatic heterocycles. The minimum absolute atomic E-state index is 0.00736. The van der Waals surface area contributed by atoms with Gasteiger partial charge in [-0.25, -0.2) is 4.79 Å². The van der Waals surface area contributed by atoms with Crippen molar-refractivity contribution >= 4 is 11.7 Å². The molecule has 0 radical (unpaired) electrons. The standard InChI is InChI=1S/C14H16N4O2/c1-18-9-11(7-16-18)17-14(19)15-8-12-6-10-4-2-3-5-13(10)20-12/h2-5,7,9,12H,6,8H2,1H3,(H2,15,17,19). The maximum Gasteiger partial charge on any atom is 0.319 e. The molecule has 0 fully saturated rings. The van der Waals surface area contributed by atoms with Crippen molar-refractivity contribution in [3.63, 3.8) is 0 Å². The fraction of sp³-hybridized carbons (Fsp3) is 0.286. The van der Waals surface area contributed by atoms with Gasteiger partial charge in [0, 0.05) is 19.7 Å². The predicted molar refractivity (Wildman–Crippen MR) is 74.8 cm³/mol. The number of hydrogen-bond acceptors (Lipinski definition) is 3. The van der Waals surface area contributed by atoms with Crippen LogP contribution in [0.3, 0.4) is 0 Å². The maximum absolute atomic E-state index is 11.7. The van der Waals surface area contributed by atoms with E-state index in [1.54, 1.807) is 24.1 Å². The van der Waals surface area contributed by atoms with Gasteiger partial charge in [0.1, 0.15) is 11.9 Å². The van der Waals surface area contributed by atoms with Gasteiger partial charge in [-0.2, -0.15) is 5.10 Å². The van der Waals surface area contributed by atoms with Crippen molar-refractivity contribution in [2.45, 2.75) is 12.5 Å². The number of benzene rings is 1. The number of carbonyl (C=O) groups is 1. The first kappa shape index (κ1) is 12.5. The molecular weight excluding hydrogens is 256 g/mol. The van der Waals surface area contributed by atoms with Crippen molar-refractivity contribution in [1.29, 1.82) is 0 Å². The molecule has 0 bridgehead atoms. The first-order valence-electron chi connectivity index (χ1n) is 6.49. The van der Waals surface area contributed by atoms with Crippen LogP contribution in [0.2, 0.25) is 0 Å². The summed E-state index contributed by atoms with van der Waals surface area (Å²) >= 11 is 0. The van der Waals surface area contributed by atoms with Gasteiger partial charge in [0.25, 0.3) is 0 Å². The molecule has 1 unspecified atom stereocenters. The van der Waals surface area contributed by atoms with E-state index in [4.69, 9.17) is 4.74 Å². The van der Waals surface area contributed by atoms with Gasteiger partial charge in [0.2, 0.25) is 0 Å². The second kappa shape index (κ2) is 5.24. The lowest BCUT2D eigenvalue weighted by Crippen LogP contribution is -2.37. The second-order valence-electron chi connectivity index (χ2n) is 4.79. The van der Waals surface area contributed by atoms with Crippen molar-refractivity contribution in [2.24, 2.45) is 7.05 Å². The van der Waals surface area contributed by atoms with E-state index in [1.165, 1.54) is 5.56 Å². The molecule has 6 heteroatoms. The molecule has 104 valence electrons. The summed E-state index contributed by atoms with van der Waals surface area (Å²) in [5, 5.41) is 9.51. The summed E-state index contributed by atoms with van der Waals surface area (Å²) in [6.07, 6.45) is 4.15. The minimum atomic E-state index is -0.252. The number of amides is 2. The van der Waals surface area contributed by atoms with Crippen molar-refractivity contribution in [3.8, 4) is 5.75 Å². The SMILES string of the molecule is Cn1cc(NC(=O)NCC2Cc3ccccc3O2)cn1. The number of nitrogens with one attached hydrogen (secondary N) is 2. The van der Waals surface area contributed by atoms with Crippen molar-refractivity contribution in [3.05, 3.63) is 42.2 Å². The Morgan fingerprint density at radius 1 is 1.50 bits per heavy atom. The van der Waals surface area contributed by atoms with Gasteiger partial charge >= 0.3 is 6.03 Å². The topological polar surface area (TPSA) is 68.2 Å². The molecule has 1 aromatic heterocycles. The van der Waals surface area contributed by atoms with E-state index < -0.39 is 0 Å². The second-order valence-corrected chi connectivity index (χ2v) is 4.79. The van der Waals surface area contributed by atoms with Crippen LogP contribution >= 0.6 is 0 Å². The van der Waals surface area contributed by atoms with Gasteiger partial charge in [-0.3, -0.25) is 4.68 Å². The minimum Gasteiger partial charge on any atom is -0.488 e. The molecule has 0 aliphatic carbocycles. The van der Waals surface area contributed by atoms with Gasteiger partial charge in [-0.15, -0.1) is 0 Å². The average Bonchev–Trinajstić information content (AvgIpc) is 3.02. The Bertz CT molecular complexity index is 598. The number of aryl methyl sites for hydroxylation is 1. The molecule has 6 nitrogen and oxygen atoms in total. The largest absolute Gasteiger partial charge is 0.488 e. The smallest absolute Gasteiger partial charge is 0.319 e. The van der Waals surface area contributed by atoms with E-state index in [2.05, 4.69) is 15.7 Å². The number of ether oxygens (including phenoxy) is 1. The number of nitrogens with zero attached hydrogens (tertiary/aromatic N) is 2. The summed E-state index contributed by atoms with van der Waals surface area (Å²) in [4.78, 5) is 11.7. The normalized spacial score (nSPS) is 16.4. The van der Waals surface area contributed by atoms with E-state index in [9.17, 15) is 4.79 Å². The van der Waals surface area contributed by atoms with Crippen LogP contribution in [0, 0.1) is 0 Å². The Morgan fingerprint density at radius 2 is 2.35 bits per heavy atom. The average molecular weight is 272 g/mol. The third-order valence-corrected chi connectivity index (χ3v) is 3.17. The number of urea groups is 1. The third-order valence-electron chi connectivity index (χ3n) is 3.17. The summed E-state index contributed by atoms with van der Waals surface area (Å²) in [7, 11) is 1.80. The molecule has 2 N–H and O–H groups in total. The van der Waals surface area contributed by atoms with E-state index in [-0.39, 0.29) is 12.1 Å². The lowest BCUT2D eigenvalue weighted by Gasteiger charge is -2.12. The molecular formula is C14H16N4O2. The molecule has 2 heterocycles. The van der Waals surface area contributed by atoms with E-state index in [0.717, 1.165) is 12.2 Å². The summed E-state index contributed by atoms with van der Waals surface area (Å²) in [6, 6.07) is 7.69. The first-order valence-corrected chi connectivity index (χ1v) is 6.49. The molecule has 1 atom stereocenters. The summed E-state index contributed by atoms with van der Waals surface area (Å²) < 4.78 is 7.38. The molecule has 0 saturated carbocycles. The lowest BCUT2D eigenvalue weighted by atomic mass is 10.1. The molecule has 2 aromatic rings. The summed E-state index contributed by atoms with van der Waals surface area (Å²) in [6.45, 7) is 0.473. The van der Waals surface area contributed by atoms with Crippen LogP contribution in [-0.4, -0.2) is 28.5 Å². The Labute approximate surface area is 116 Å². The fourth-order valence-corrected chi connectivity index (χ4v) is 2.24. The number of anilines is 1. The number of para-hydroxylation sites is 1. The zero-order valence-electron chi connectivity index (χ0n) is 11.2. The highest BCUT2D eigenvalue weighted by molar-refractivity contribution is 5.88. The van der Waals surface area contributed by atoms with Crippen molar-refractivity contribution in [2.75, 3.05) is 11.9 Å². The van der Waals surface area contributed by atoms with Gasteiger partial charge < -0.3 is 15.4 Å². The molecule has 2 amide bonds. The number of aromatic nitrogens is 2. The van der Waals surface area contributed by atoms with Crippen LogP contribution in [0.4, 0.5) is 10.5 Å². The van der Waals surface area contributed by atoms with Crippen LogP contribution in [0.15, 0.2) is 36.7 Å². The van der Waals surface area contributed by atoms with Gasteiger partial charge in [-0.05, 0) is 11.6 Å². The Balaban J connectivity index is 1.48. The Kier molecular flexibility index (Phi) is 3.28. The number of fused-ring (bicyclic) bond motifs is 1. The van der Waals surface area contributed by atoms with E-state index in [0.29, 0.717) is 12.2 Å². The van der Waals surface area contributed by atoms with Crippen molar-refractivity contribution in [1.82, 2.24) is 15.1 Å². The van der Waals surface area contributed by atoms with Gasteiger partial charge in [0.15, 0.2) is 0 Å². The summed E-state index contributed by atoms with van der Waals surface area (Å²) in [5.74, 6) is 0.909. The molecule has 3 rings (SSSR count). The van der Waals surface area contributed by atoms with Crippen LogP contribution in [0.25, 0.3) is 0 Å². The predicted octanol–water partition coefficient (Wildman–Crippen LogP) is 1.55. The van der Waals surface area contributed by atoms with Gasteiger partial charge in [0.05, 0.1) is 18.4 Å². The first-order chi connectivity index (χ1) is 9.70. The maximum atomic E-state index is 11.7. The quantitative estimate of drug-likeness (QED) is 0.890. The van der Waals surface area contributed by atoms with Gasteiger partial charge in [-0.1, -0.05) is 18.2 Å². The van der Waals surface area contributed by atoms with Crippen molar-refractivity contribution < 1.29 is 9.53 Å². The highest BCUT2D eigenvalue weighted by atomic mass is 16.5. The summed E-state index contributed by atoms with van der Waals surface area (Å²) in [5.41, 5.74) is 1.85. The van der Waals surface area contributed by atoms with Crippen LogP contribution in [-0.2, 0) is 13.5 Å². The zero-order chi connectivity index (χ0) is 13.9. The fourth-order valence-electron chi connectivity index (χ4n) is 2.24. The number of carbonyl (C=O) groups excluding carboxylic acids is 1. The zero-order valence-corrected chi connectivity index (χ0v) is 11.2. The van der Waals surface area contributed by atoms with E-state index >= 15 is 0 Å². The number of hydrogen-bond donors (Lipinski definition) is 2. The molecule has 1 aliphatic rings. The van der Waals surface area contributed by atoms with Crippen LogP contribution in [0.1, 0.15) is 5.56 Å². The monoisotopic (exact) mass is 272 g/mol. The molecule has 0 spiro atoms. The number of rotatable bonds is 3. The lowest BCUT2D eigenvalue weighted by molar-refractivity contribution is 0.219. The molecule has 1 aromatic carbocycles. The highest BCUT2D eigenvalue weighted by Gasteiger charge is 2.22. The van der Waals surface area contributed by atoms with Crippen LogP contribution in [0.5, 0.6) is 5.75 Å². The van der Waals surface area contributed by atoms with Crippen LogP contribution < -0.4 is 15.4 Å². The van der Waals surface area contributed by atoms with E-state index in [1.807, 2.05) is 24.3 Å². The Morgan fingerprint density at radius 3 is 3.10 bits per heavy atom. The molecule has 0 saturated heterocycles.